The summed E-state index contributed by atoms with van der Waals surface area (Å²) in [5.74, 6) is -0.0354. The van der Waals surface area contributed by atoms with Gasteiger partial charge in [-0.25, -0.2) is 9.18 Å². The molecule has 0 saturated carbocycles. The van der Waals surface area contributed by atoms with Crippen LogP contribution in [0.4, 0.5) is 15.1 Å². The van der Waals surface area contributed by atoms with E-state index in [1.165, 1.54) is 9.25 Å². The number of fused-ring (bicyclic) bond motifs is 4. The van der Waals surface area contributed by atoms with Gasteiger partial charge in [0.2, 0.25) is 5.95 Å². The van der Waals surface area contributed by atoms with E-state index in [-0.39, 0.29) is 46.5 Å². The van der Waals surface area contributed by atoms with Crippen molar-refractivity contribution in [3.05, 3.63) is 39.7 Å². The fourth-order valence-electron chi connectivity index (χ4n) is 6.71. The maximum atomic E-state index is 16.2. The van der Waals surface area contributed by atoms with Crippen LogP contribution in [0.5, 0.6) is 0 Å². The molecule has 2 aliphatic heterocycles. The molecule has 3 atom stereocenters. The molecule has 11 nitrogen and oxygen atoms in total. The molecule has 46 heavy (non-hydrogen) atoms. The van der Waals surface area contributed by atoms with Gasteiger partial charge in [0.25, 0.3) is 5.56 Å². The average Bonchev–Trinajstić information content (AvgIpc) is 3.68. The Kier molecular flexibility index (Phi) is 8.25. The highest BCUT2D eigenvalue weighted by molar-refractivity contribution is 6.76. The third-order valence-corrected chi connectivity index (χ3v) is 11.1. The first-order chi connectivity index (χ1) is 21.5. The number of hydrogen-bond acceptors (Lipinski definition) is 7. The number of carbonyl (C=O) groups is 1. The first-order valence-electron chi connectivity index (χ1n) is 15.8. The van der Waals surface area contributed by atoms with E-state index in [0.717, 1.165) is 25.3 Å². The van der Waals surface area contributed by atoms with Crippen molar-refractivity contribution in [2.24, 2.45) is 14.1 Å². The number of ether oxygens (including phenoxy) is 2. The van der Waals surface area contributed by atoms with Crippen LogP contribution in [-0.2, 0) is 30.3 Å². The number of anilines is 1. The summed E-state index contributed by atoms with van der Waals surface area (Å²) in [4.78, 5) is 34.2. The molecule has 1 N–H and O–H groups in total. The summed E-state index contributed by atoms with van der Waals surface area (Å²) in [6, 6.07) is 4.24. The number of nitrogens with one attached hydrogen (secondary N) is 1. The predicted octanol–water partition coefficient (Wildman–Crippen LogP) is 6.03. The predicted molar refractivity (Wildman–Crippen MR) is 181 cm³/mol. The Hall–Kier alpha value is -3.42. The van der Waals surface area contributed by atoms with Crippen molar-refractivity contribution in [1.82, 2.24) is 29.2 Å². The van der Waals surface area contributed by atoms with Crippen LogP contribution in [0.15, 0.2) is 23.1 Å². The van der Waals surface area contributed by atoms with Crippen molar-refractivity contribution in [1.29, 1.82) is 0 Å². The minimum absolute atomic E-state index is 0.0449. The maximum absolute atomic E-state index is 16.2. The quantitative estimate of drug-likeness (QED) is 0.180. The van der Waals surface area contributed by atoms with E-state index < -0.39 is 25.6 Å². The van der Waals surface area contributed by atoms with Crippen molar-refractivity contribution in [3.63, 3.8) is 0 Å². The molecule has 14 heteroatoms. The van der Waals surface area contributed by atoms with Crippen molar-refractivity contribution < 1.29 is 18.7 Å². The third kappa shape index (κ3) is 5.92. The molecule has 2 bridgehead atoms. The molecular formula is C32H43ClFN7O4Si. The summed E-state index contributed by atoms with van der Waals surface area (Å²) in [6.45, 7) is 13.1. The van der Waals surface area contributed by atoms with Crippen LogP contribution < -0.4 is 15.8 Å². The summed E-state index contributed by atoms with van der Waals surface area (Å²) in [5, 5.41) is 8.03. The van der Waals surface area contributed by atoms with E-state index >= 15 is 4.39 Å². The molecule has 0 aliphatic carbocycles. The van der Waals surface area contributed by atoms with Crippen LogP contribution in [0.1, 0.15) is 40.0 Å². The van der Waals surface area contributed by atoms with E-state index in [1.807, 2.05) is 20.8 Å². The smallest absolute Gasteiger partial charge is 0.407 e. The molecule has 2 aliphatic rings. The molecule has 4 aromatic rings. The fraction of sp³-hybridized carbons (Fsp3) is 0.562. The minimum Gasteiger partial charge on any atom is -0.444 e. The second-order valence-electron chi connectivity index (χ2n) is 14.8. The molecule has 0 radical (unpaired) electrons. The molecule has 248 valence electrons. The lowest BCUT2D eigenvalue weighted by Gasteiger charge is -2.28. The molecule has 5 heterocycles. The van der Waals surface area contributed by atoms with E-state index in [9.17, 15) is 9.59 Å². The lowest BCUT2D eigenvalue weighted by Crippen LogP contribution is -2.46. The second kappa shape index (κ2) is 11.7. The number of alkyl carbamates (subject to hydrolysis) is 1. The number of amides is 1. The van der Waals surface area contributed by atoms with E-state index in [2.05, 4.69) is 35.0 Å². The molecule has 6 rings (SSSR count). The minimum atomic E-state index is -1.34. The van der Waals surface area contributed by atoms with E-state index in [1.54, 1.807) is 37.0 Å². The fourth-order valence-corrected chi connectivity index (χ4v) is 7.69. The summed E-state index contributed by atoms with van der Waals surface area (Å²) >= 11 is 6.43. The van der Waals surface area contributed by atoms with Crippen LogP contribution in [-0.4, -0.2) is 68.4 Å². The summed E-state index contributed by atoms with van der Waals surface area (Å²) in [5.41, 5.74) is 0.597. The zero-order valence-electron chi connectivity index (χ0n) is 27.8. The van der Waals surface area contributed by atoms with Crippen molar-refractivity contribution in [3.8, 4) is 11.1 Å². The molecule has 2 fully saturated rings. The molecule has 1 unspecified atom stereocenters. The van der Waals surface area contributed by atoms with Gasteiger partial charge >= 0.3 is 6.09 Å². The van der Waals surface area contributed by atoms with Crippen LogP contribution in [0.25, 0.3) is 33.1 Å². The highest BCUT2D eigenvalue weighted by Crippen LogP contribution is 2.42. The van der Waals surface area contributed by atoms with E-state index in [4.69, 9.17) is 26.1 Å². The Morgan fingerprint density at radius 3 is 2.59 bits per heavy atom. The number of aryl methyl sites for hydroxylation is 1. The van der Waals surface area contributed by atoms with Crippen LogP contribution in [0, 0.1) is 5.82 Å². The molecule has 3 aromatic heterocycles. The van der Waals surface area contributed by atoms with Crippen molar-refractivity contribution in [2.45, 2.75) is 96.2 Å². The van der Waals surface area contributed by atoms with Gasteiger partial charge in [-0.3, -0.25) is 14.0 Å². The zero-order valence-corrected chi connectivity index (χ0v) is 29.5. The largest absolute Gasteiger partial charge is 0.444 e. The third-order valence-electron chi connectivity index (χ3n) is 8.93. The van der Waals surface area contributed by atoms with Gasteiger partial charge in [0.1, 0.15) is 23.3 Å². The van der Waals surface area contributed by atoms with Gasteiger partial charge in [-0.05, 0) is 58.2 Å². The van der Waals surface area contributed by atoms with Crippen LogP contribution in [0.2, 0.25) is 30.8 Å². The Morgan fingerprint density at radius 1 is 1.15 bits per heavy atom. The SMILES string of the molecule is Cn1nc2ccc(-c3cn(COCC[Si](C)(C)C)c4nc(N5C6CC[C@@H]5[C@H](NC(=O)OC(C)(C)C)C6)n(C)c(=O)c34)c(F)c2c1Cl. The number of aromatic nitrogens is 5. The Morgan fingerprint density at radius 2 is 1.89 bits per heavy atom. The number of rotatable bonds is 8. The molecule has 1 amide bonds. The summed E-state index contributed by atoms with van der Waals surface area (Å²) in [6.07, 6.45) is 3.79. The van der Waals surface area contributed by atoms with Crippen LogP contribution >= 0.6 is 11.6 Å². The van der Waals surface area contributed by atoms with E-state index in [0.29, 0.717) is 34.7 Å². The standard InChI is InChI=1S/C32H43ClFN7O4Si/c1-32(2,3)45-31(43)35-22-15-18-9-12-23(22)41(18)30-36-28-24(29(42)38(30)4)20(16-40(28)17-44-13-14-46(6,7)8)19-10-11-21-25(26(19)34)27(33)39(5)37-21/h10-11,16,18,22-23H,9,12-15,17H2,1-8H3,(H,35,43)/t18?,22-,23-/m1/s1. The van der Waals surface area contributed by atoms with Gasteiger partial charge in [0.15, 0.2) is 5.65 Å². The van der Waals surface area contributed by atoms with Gasteiger partial charge in [-0.2, -0.15) is 10.1 Å². The summed E-state index contributed by atoms with van der Waals surface area (Å²) < 4.78 is 32.6. The van der Waals surface area contributed by atoms with Crippen LogP contribution in [0.3, 0.4) is 0 Å². The molecule has 0 spiro atoms. The van der Waals surface area contributed by atoms with Gasteiger partial charge in [0.05, 0.1) is 28.4 Å². The van der Waals surface area contributed by atoms with Crippen molar-refractivity contribution in [2.75, 3.05) is 11.5 Å². The number of benzene rings is 1. The average molecular weight is 672 g/mol. The highest BCUT2D eigenvalue weighted by atomic mass is 35.5. The monoisotopic (exact) mass is 671 g/mol. The van der Waals surface area contributed by atoms with Gasteiger partial charge < -0.3 is 24.3 Å². The topological polar surface area (TPSA) is 108 Å². The van der Waals surface area contributed by atoms with Gasteiger partial charge in [-0.15, -0.1) is 0 Å². The van der Waals surface area contributed by atoms with Gasteiger partial charge in [-0.1, -0.05) is 31.2 Å². The lowest BCUT2D eigenvalue weighted by molar-refractivity contribution is 0.0497. The molecular weight excluding hydrogens is 629 g/mol. The molecule has 2 saturated heterocycles. The number of halogens is 2. The molecule has 1 aromatic carbocycles. The maximum Gasteiger partial charge on any atom is 0.407 e. The Labute approximate surface area is 273 Å². The van der Waals surface area contributed by atoms with Crippen molar-refractivity contribution >= 4 is 53.7 Å². The highest BCUT2D eigenvalue weighted by Gasteiger charge is 2.49. The van der Waals surface area contributed by atoms with Gasteiger partial charge in [0, 0.05) is 52.1 Å². The summed E-state index contributed by atoms with van der Waals surface area (Å²) in [7, 11) is 2.02. The zero-order chi connectivity index (χ0) is 33.3. The Balaban J connectivity index is 1.43. The number of hydrogen-bond donors (Lipinski definition) is 1. The normalized spacial score (nSPS) is 20.0. The number of nitrogens with zero attached hydrogens (tertiary/aromatic N) is 6. The first-order valence-corrected chi connectivity index (χ1v) is 19.9. The lowest BCUT2D eigenvalue weighted by atomic mass is 9.96. The number of carbonyl (C=O) groups excluding carboxylic acids is 1. The Bertz CT molecular complexity index is 1890. The second-order valence-corrected chi connectivity index (χ2v) is 20.7. The first kappa shape index (κ1) is 32.5.